The third-order valence-electron chi connectivity index (χ3n) is 5.83. The van der Waals surface area contributed by atoms with Gasteiger partial charge in [0.1, 0.15) is 0 Å². The van der Waals surface area contributed by atoms with Gasteiger partial charge in [0.25, 0.3) is 5.56 Å². The van der Waals surface area contributed by atoms with Gasteiger partial charge in [-0.3, -0.25) is 9.69 Å². The molecule has 0 atom stereocenters. The molecule has 0 aromatic carbocycles. The van der Waals surface area contributed by atoms with E-state index in [4.69, 9.17) is 4.74 Å². The van der Waals surface area contributed by atoms with Gasteiger partial charge in [-0.1, -0.05) is 0 Å². The summed E-state index contributed by atoms with van der Waals surface area (Å²) >= 11 is 0. The number of morpholine rings is 1. The molecule has 0 unspecified atom stereocenters. The fourth-order valence-electron chi connectivity index (χ4n) is 4.11. The molecule has 1 aromatic heterocycles. The van der Waals surface area contributed by atoms with Gasteiger partial charge in [0.15, 0.2) is 0 Å². The van der Waals surface area contributed by atoms with Crippen LogP contribution in [0.2, 0.25) is 0 Å². The highest BCUT2D eigenvalue weighted by molar-refractivity contribution is 5.74. The average Bonchev–Trinajstić information content (AvgIpc) is 2.73. The Labute approximate surface area is 159 Å². The van der Waals surface area contributed by atoms with Crippen molar-refractivity contribution in [1.29, 1.82) is 0 Å². The van der Waals surface area contributed by atoms with Crippen molar-refractivity contribution in [2.75, 3.05) is 59.0 Å². The Hall–Kier alpha value is -1.93. The number of aromatic nitrogens is 2. The van der Waals surface area contributed by atoms with Gasteiger partial charge in [-0.25, -0.2) is 9.48 Å². The molecule has 2 aliphatic heterocycles. The molecule has 27 heavy (non-hydrogen) atoms. The first-order valence-electron chi connectivity index (χ1n) is 10.1. The highest BCUT2D eigenvalue weighted by Crippen LogP contribution is 2.17. The Morgan fingerprint density at radius 2 is 1.67 bits per heavy atom. The molecule has 3 aliphatic rings. The van der Waals surface area contributed by atoms with Crippen molar-refractivity contribution in [2.45, 2.75) is 32.2 Å². The number of ether oxygens (including phenoxy) is 1. The second-order valence-corrected chi connectivity index (χ2v) is 7.60. The van der Waals surface area contributed by atoms with Gasteiger partial charge in [-0.2, -0.15) is 5.10 Å². The Balaban J connectivity index is 1.27. The predicted octanol–water partition coefficient (Wildman–Crippen LogP) is 0.192. The summed E-state index contributed by atoms with van der Waals surface area (Å²) in [6, 6.07) is 1.91. The zero-order valence-corrected chi connectivity index (χ0v) is 15.9. The number of carbonyl (C=O) groups excluding carboxylic acids is 1. The topological polar surface area (TPSA) is 70.9 Å². The van der Waals surface area contributed by atoms with Crippen molar-refractivity contribution in [3.05, 3.63) is 27.7 Å². The van der Waals surface area contributed by atoms with E-state index in [-0.39, 0.29) is 11.6 Å². The fraction of sp³-hybridized carbons (Fsp3) is 0.737. The van der Waals surface area contributed by atoms with E-state index in [2.05, 4.69) is 10.00 Å². The number of carbonyl (C=O) groups is 1. The Bertz CT molecular complexity index is 721. The lowest BCUT2D eigenvalue weighted by Gasteiger charge is -2.38. The van der Waals surface area contributed by atoms with Gasteiger partial charge in [0.05, 0.1) is 25.5 Å². The maximum absolute atomic E-state index is 12.5. The summed E-state index contributed by atoms with van der Waals surface area (Å²) in [7, 11) is 0. The molecule has 8 nitrogen and oxygen atoms in total. The van der Waals surface area contributed by atoms with Gasteiger partial charge < -0.3 is 14.5 Å². The normalized spacial score (nSPS) is 21.2. The molecule has 2 amide bonds. The quantitative estimate of drug-likeness (QED) is 0.754. The van der Waals surface area contributed by atoms with Gasteiger partial charge in [-0.05, 0) is 31.2 Å². The monoisotopic (exact) mass is 375 g/mol. The second kappa shape index (κ2) is 8.39. The summed E-state index contributed by atoms with van der Waals surface area (Å²) in [4.78, 5) is 31.0. The van der Waals surface area contributed by atoms with Crippen LogP contribution in [0.25, 0.3) is 0 Å². The molecule has 4 rings (SSSR count). The number of rotatable bonds is 3. The molecule has 1 aromatic rings. The highest BCUT2D eigenvalue weighted by Gasteiger charge is 2.26. The third kappa shape index (κ3) is 4.32. The number of hydrogen-bond donors (Lipinski definition) is 0. The van der Waals surface area contributed by atoms with Crippen LogP contribution in [-0.2, 0) is 24.1 Å². The molecule has 1 aliphatic carbocycles. The van der Waals surface area contributed by atoms with E-state index in [0.29, 0.717) is 32.8 Å². The number of fused-ring (bicyclic) bond motifs is 1. The van der Waals surface area contributed by atoms with Crippen LogP contribution in [-0.4, -0.2) is 89.5 Å². The summed E-state index contributed by atoms with van der Waals surface area (Å²) in [5, 5.41) is 4.60. The minimum Gasteiger partial charge on any atom is -0.378 e. The number of aryl methyl sites for hydroxylation is 2. The minimum atomic E-state index is 0.0109. The zero-order chi connectivity index (χ0) is 18.6. The van der Waals surface area contributed by atoms with Crippen LogP contribution in [0.1, 0.15) is 24.1 Å². The standard InChI is InChI=1S/C19H29N5O3/c25-18-15-16-3-1-2-4-17(16)20-24(18)10-7-21-5-8-22(9-6-21)19(26)23-11-13-27-14-12-23/h15H,1-14H2. The van der Waals surface area contributed by atoms with Crippen molar-refractivity contribution in [3.63, 3.8) is 0 Å². The first kappa shape index (κ1) is 18.4. The molecular weight excluding hydrogens is 346 g/mol. The SMILES string of the molecule is O=C(N1CCOCC1)N1CCN(CCn2nc3c(cc2=O)CCCC3)CC1. The molecule has 0 saturated carbocycles. The molecule has 148 valence electrons. The van der Waals surface area contributed by atoms with E-state index in [1.807, 2.05) is 9.80 Å². The van der Waals surface area contributed by atoms with Crippen LogP contribution >= 0.6 is 0 Å². The van der Waals surface area contributed by atoms with Crippen LogP contribution in [0.3, 0.4) is 0 Å². The van der Waals surface area contributed by atoms with Gasteiger partial charge in [0.2, 0.25) is 0 Å². The van der Waals surface area contributed by atoms with Crippen LogP contribution in [0.15, 0.2) is 10.9 Å². The molecule has 2 fully saturated rings. The van der Waals surface area contributed by atoms with Gasteiger partial charge in [0, 0.05) is 51.9 Å². The number of nitrogens with zero attached hydrogens (tertiary/aromatic N) is 5. The maximum atomic E-state index is 12.5. The smallest absolute Gasteiger partial charge is 0.320 e. The highest BCUT2D eigenvalue weighted by atomic mass is 16.5. The Morgan fingerprint density at radius 1 is 0.963 bits per heavy atom. The van der Waals surface area contributed by atoms with E-state index in [1.54, 1.807) is 10.7 Å². The van der Waals surface area contributed by atoms with Crippen LogP contribution in [0.5, 0.6) is 0 Å². The largest absolute Gasteiger partial charge is 0.378 e. The van der Waals surface area contributed by atoms with Gasteiger partial charge in [-0.15, -0.1) is 0 Å². The number of piperazine rings is 1. The summed E-state index contributed by atoms with van der Waals surface area (Å²) < 4.78 is 6.94. The number of urea groups is 1. The molecule has 0 radical (unpaired) electrons. The van der Waals surface area contributed by atoms with Crippen LogP contribution in [0.4, 0.5) is 4.79 Å². The van der Waals surface area contributed by atoms with Crippen molar-refractivity contribution < 1.29 is 9.53 Å². The first-order chi connectivity index (χ1) is 13.2. The van der Waals surface area contributed by atoms with Crippen molar-refractivity contribution in [1.82, 2.24) is 24.5 Å². The lowest BCUT2D eigenvalue weighted by Crippen LogP contribution is -2.55. The Morgan fingerprint density at radius 3 is 2.44 bits per heavy atom. The molecule has 3 heterocycles. The van der Waals surface area contributed by atoms with Crippen LogP contribution < -0.4 is 5.56 Å². The molecule has 2 saturated heterocycles. The summed E-state index contributed by atoms with van der Waals surface area (Å²) in [5.74, 6) is 0. The molecule has 0 bridgehead atoms. The molecule has 0 spiro atoms. The lowest BCUT2D eigenvalue weighted by molar-refractivity contribution is 0.0375. The third-order valence-corrected chi connectivity index (χ3v) is 5.83. The molecule has 8 heteroatoms. The van der Waals surface area contributed by atoms with E-state index in [1.165, 1.54) is 0 Å². The number of amides is 2. The van der Waals surface area contributed by atoms with Crippen LogP contribution in [0, 0.1) is 0 Å². The van der Waals surface area contributed by atoms with E-state index in [9.17, 15) is 9.59 Å². The second-order valence-electron chi connectivity index (χ2n) is 7.60. The zero-order valence-electron chi connectivity index (χ0n) is 15.9. The van der Waals surface area contributed by atoms with Crippen molar-refractivity contribution in [3.8, 4) is 0 Å². The first-order valence-corrected chi connectivity index (χ1v) is 10.1. The summed E-state index contributed by atoms with van der Waals surface area (Å²) in [6.45, 7) is 7.21. The lowest BCUT2D eigenvalue weighted by atomic mass is 9.97. The summed E-state index contributed by atoms with van der Waals surface area (Å²) in [5.41, 5.74) is 2.25. The predicted molar refractivity (Wildman–Crippen MR) is 101 cm³/mol. The Kier molecular flexibility index (Phi) is 5.73. The van der Waals surface area contributed by atoms with E-state index in [0.717, 1.165) is 69.7 Å². The fourth-order valence-corrected chi connectivity index (χ4v) is 4.11. The minimum absolute atomic E-state index is 0.0109. The average molecular weight is 375 g/mol. The summed E-state index contributed by atoms with van der Waals surface area (Å²) in [6.07, 6.45) is 4.29. The van der Waals surface area contributed by atoms with E-state index >= 15 is 0 Å². The molecule has 0 N–H and O–H groups in total. The van der Waals surface area contributed by atoms with Gasteiger partial charge >= 0.3 is 6.03 Å². The van der Waals surface area contributed by atoms with Crippen molar-refractivity contribution in [2.24, 2.45) is 0 Å². The van der Waals surface area contributed by atoms with Crippen molar-refractivity contribution >= 4 is 6.03 Å². The number of hydrogen-bond acceptors (Lipinski definition) is 5. The molecular formula is C19H29N5O3. The van der Waals surface area contributed by atoms with E-state index < -0.39 is 0 Å². The maximum Gasteiger partial charge on any atom is 0.320 e.